The Morgan fingerprint density at radius 1 is 1.15 bits per heavy atom. The highest BCUT2D eigenvalue weighted by Crippen LogP contribution is 2.40. The fourth-order valence-corrected chi connectivity index (χ4v) is 2.26. The van der Waals surface area contributed by atoms with Gasteiger partial charge in [-0.1, -0.05) is 26.0 Å². The van der Waals surface area contributed by atoms with Gasteiger partial charge in [0.1, 0.15) is 0 Å². The van der Waals surface area contributed by atoms with E-state index < -0.39 is 23.7 Å². The molecule has 0 heterocycles. The minimum absolute atomic E-state index is 0.0964. The van der Waals surface area contributed by atoms with Crippen molar-refractivity contribution in [2.24, 2.45) is 5.41 Å². The SMILES string of the molecule is CCc1ccc(C(F)(F)CC(C)(C)C(=O)O)cc1CC. The van der Waals surface area contributed by atoms with Crippen LogP contribution in [0, 0.1) is 5.41 Å². The lowest BCUT2D eigenvalue weighted by molar-refractivity contribution is -0.153. The van der Waals surface area contributed by atoms with Crippen LogP contribution in [0.5, 0.6) is 0 Å². The zero-order chi connectivity index (χ0) is 15.6. The molecular formula is C16H22F2O2. The summed E-state index contributed by atoms with van der Waals surface area (Å²) in [5.41, 5.74) is 0.405. The molecule has 0 saturated heterocycles. The van der Waals surface area contributed by atoms with Crippen molar-refractivity contribution in [3.63, 3.8) is 0 Å². The first-order valence-corrected chi connectivity index (χ1v) is 6.87. The second kappa shape index (κ2) is 5.90. The van der Waals surface area contributed by atoms with Crippen LogP contribution in [-0.4, -0.2) is 11.1 Å². The summed E-state index contributed by atoms with van der Waals surface area (Å²) in [6.45, 7) is 6.56. The molecule has 1 aromatic carbocycles. The van der Waals surface area contributed by atoms with E-state index in [-0.39, 0.29) is 5.56 Å². The summed E-state index contributed by atoms with van der Waals surface area (Å²) in [7, 11) is 0. The number of hydrogen-bond acceptors (Lipinski definition) is 1. The van der Waals surface area contributed by atoms with Crippen LogP contribution in [0.4, 0.5) is 8.78 Å². The molecule has 2 nitrogen and oxygen atoms in total. The summed E-state index contributed by atoms with van der Waals surface area (Å²) in [6.07, 6.45) is 0.787. The number of rotatable bonds is 6. The first-order valence-electron chi connectivity index (χ1n) is 6.87. The number of aryl methyl sites for hydroxylation is 2. The van der Waals surface area contributed by atoms with E-state index in [0.717, 1.165) is 17.5 Å². The molecule has 0 aliphatic rings. The van der Waals surface area contributed by atoms with E-state index in [1.54, 1.807) is 6.07 Å². The van der Waals surface area contributed by atoms with E-state index in [9.17, 15) is 13.6 Å². The predicted octanol–water partition coefficient (Wildman–Crippen LogP) is 4.40. The second-order valence-corrected chi connectivity index (χ2v) is 5.76. The molecule has 1 rings (SSSR count). The lowest BCUT2D eigenvalue weighted by atomic mass is 9.83. The highest BCUT2D eigenvalue weighted by atomic mass is 19.3. The van der Waals surface area contributed by atoms with Gasteiger partial charge in [0.25, 0.3) is 5.92 Å². The number of carboxylic acid groups (broad SMARTS) is 1. The highest BCUT2D eigenvalue weighted by molar-refractivity contribution is 5.73. The molecule has 0 bridgehead atoms. The Kier molecular flexibility index (Phi) is 4.90. The van der Waals surface area contributed by atoms with Gasteiger partial charge in [0, 0.05) is 12.0 Å². The molecule has 0 atom stereocenters. The van der Waals surface area contributed by atoms with Crippen LogP contribution in [0.15, 0.2) is 18.2 Å². The topological polar surface area (TPSA) is 37.3 Å². The molecule has 0 amide bonds. The van der Waals surface area contributed by atoms with Crippen molar-refractivity contribution in [1.82, 2.24) is 0 Å². The van der Waals surface area contributed by atoms with E-state index in [0.29, 0.717) is 6.42 Å². The average Bonchev–Trinajstić information content (AvgIpc) is 2.36. The first-order chi connectivity index (χ1) is 9.14. The van der Waals surface area contributed by atoms with Crippen LogP contribution in [0.3, 0.4) is 0 Å². The third-order valence-electron chi connectivity index (χ3n) is 3.63. The lowest BCUT2D eigenvalue weighted by Gasteiger charge is -2.26. The fraction of sp³-hybridized carbons (Fsp3) is 0.562. The standard InChI is InChI=1S/C16H22F2O2/c1-5-11-7-8-13(9-12(11)6-2)16(17,18)10-15(3,4)14(19)20/h7-9H,5-6,10H2,1-4H3,(H,19,20). The number of alkyl halides is 2. The van der Waals surface area contributed by atoms with Gasteiger partial charge in [-0.3, -0.25) is 4.79 Å². The Bertz CT molecular complexity index is 493. The van der Waals surface area contributed by atoms with Crippen LogP contribution >= 0.6 is 0 Å². The number of hydrogen-bond donors (Lipinski definition) is 1. The Morgan fingerprint density at radius 2 is 1.70 bits per heavy atom. The van der Waals surface area contributed by atoms with E-state index in [1.807, 2.05) is 13.8 Å². The molecule has 0 aliphatic carbocycles. The van der Waals surface area contributed by atoms with Crippen LogP contribution in [0.2, 0.25) is 0 Å². The van der Waals surface area contributed by atoms with E-state index >= 15 is 0 Å². The number of aliphatic carboxylic acids is 1. The van der Waals surface area contributed by atoms with Crippen LogP contribution in [0.1, 0.15) is 50.8 Å². The van der Waals surface area contributed by atoms with Crippen molar-refractivity contribution in [3.05, 3.63) is 34.9 Å². The quantitative estimate of drug-likeness (QED) is 0.840. The van der Waals surface area contributed by atoms with E-state index in [4.69, 9.17) is 5.11 Å². The maximum absolute atomic E-state index is 14.3. The molecule has 0 saturated carbocycles. The summed E-state index contributed by atoms with van der Waals surface area (Å²) < 4.78 is 28.6. The van der Waals surface area contributed by atoms with Crippen molar-refractivity contribution >= 4 is 5.97 Å². The smallest absolute Gasteiger partial charge is 0.309 e. The van der Waals surface area contributed by atoms with Crippen molar-refractivity contribution in [1.29, 1.82) is 0 Å². The normalized spacial score (nSPS) is 12.5. The van der Waals surface area contributed by atoms with Crippen LogP contribution < -0.4 is 0 Å². The summed E-state index contributed by atoms with van der Waals surface area (Å²) in [5.74, 6) is -4.35. The molecule has 4 heteroatoms. The molecule has 0 aliphatic heterocycles. The van der Waals surface area contributed by atoms with Gasteiger partial charge in [-0.15, -0.1) is 0 Å². The summed E-state index contributed by atoms with van der Waals surface area (Å²) in [6, 6.07) is 4.64. The average molecular weight is 284 g/mol. The summed E-state index contributed by atoms with van der Waals surface area (Å²) in [4.78, 5) is 11.0. The number of carboxylic acids is 1. The zero-order valence-electron chi connectivity index (χ0n) is 12.5. The van der Waals surface area contributed by atoms with E-state index in [1.165, 1.54) is 26.0 Å². The Morgan fingerprint density at radius 3 is 2.15 bits per heavy atom. The van der Waals surface area contributed by atoms with Gasteiger partial charge in [-0.05, 0) is 43.9 Å². The number of halogens is 2. The van der Waals surface area contributed by atoms with Gasteiger partial charge in [0.15, 0.2) is 0 Å². The molecular weight excluding hydrogens is 262 g/mol. The molecule has 0 unspecified atom stereocenters. The zero-order valence-corrected chi connectivity index (χ0v) is 12.5. The predicted molar refractivity (Wildman–Crippen MR) is 75.1 cm³/mol. The highest BCUT2D eigenvalue weighted by Gasteiger charge is 2.42. The van der Waals surface area contributed by atoms with Crippen LogP contribution in [0.25, 0.3) is 0 Å². The van der Waals surface area contributed by atoms with Crippen LogP contribution in [-0.2, 0) is 23.6 Å². The third kappa shape index (κ3) is 3.56. The van der Waals surface area contributed by atoms with Crippen molar-refractivity contribution < 1.29 is 18.7 Å². The summed E-state index contributed by atoms with van der Waals surface area (Å²) >= 11 is 0. The molecule has 0 aromatic heterocycles. The Hall–Kier alpha value is -1.45. The van der Waals surface area contributed by atoms with Gasteiger partial charge in [-0.2, -0.15) is 0 Å². The molecule has 0 radical (unpaired) electrons. The maximum atomic E-state index is 14.3. The van der Waals surface area contributed by atoms with Gasteiger partial charge in [-0.25, -0.2) is 8.78 Å². The molecule has 0 fully saturated rings. The monoisotopic (exact) mass is 284 g/mol. The van der Waals surface area contributed by atoms with Crippen molar-refractivity contribution in [3.8, 4) is 0 Å². The second-order valence-electron chi connectivity index (χ2n) is 5.76. The minimum Gasteiger partial charge on any atom is -0.481 e. The fourth-order valence-electron chi connectivity index (χ4n) is 2.26. The largest absolute Gasteiger partial charge is 0.481 e. The van der Waals surface area contributed by atoms with Gasteiger partial charge in [0.2, 0.25) is 0 Å². The minimum atomic E-state index is -3.14. The van der Waals surface area contributed by atoms with Gasteiger partial charge < -0.3 is 5.11 Å². The maximum Gasteiger partial charge on any atom is 0.309 e. The van der Waals surface area contributed by atoms with Crippen molar-refractivity contribution in [2.45, 2.75) is 52.9 Å². The van der Waals surface area contributed by atoms with Gasteiger partial charge >= 0.3 is 5.97 Å². The Labute approximate surface area is 118 Å². The molecule has 1 N–H and O–H groups in total. The van der Waals surface area contributed by atoms with Gasteiger partial charge in [0.05, 0.1) is 5.41 Å². The summed E-state index contributed by atoms with van der Waals surface area (Å²) in [5, 5.41) is 9.00. The molecule has 0 spiro atoms. The first kappa shape index (κ1) is 16.6. The Balaban J connectivity index is 3.12. The van der Waals surface area contributed by atoms with Crippen molar-refractivity contribution in [2.75, 3.05) is 0 Å². The lowest BCUT2D eigenvalue weighted by Crippen LogP contribution is -2.31. The molecule has 20 heavy (non-hydrogen) atoms. The third-order valence-corrected chi connectivity index (χ3v) is 3.63. The molecule has 1 aromatic rings. The number of carbonyl (C=O) groups is 1. The van der Waals surface area contributed by atoms with E-state index in [2.05, 4.69) is 0 Å². The number of benzene rings is 1. The molecule has 112 valence electrons.